The second kappa shape index (κ2) is 5.02. The normalized spacial score (nSPS) is 14.0. The van der Waals surface area contributed by atoms with E-state index in [4.69, 9.17) is 4.98 Å². The molecule has 1 aliphatic rings. The van der Waals surface area contributed by atoms with E-state index in [0.29, 0.717) is 0 Å². The number of aromatic nitrogens is 1. The van der Waals surface area contributed by atoms with Gasteiger partial charge in [0.05, 0.1) is 17.8 Å². The molecule has 0 amide bonds. The Kier molecular flexibility index (Phi) is 2.89. The van der Waals surface area contributed by atoms with Crippen LogP contribution in [0.1, 0.15) is 5.56 Å². The molecule has 1 aliphatic heterocycles. The molecular weight excluding hydrogens is 258 g/mol. The number of aliphatic imine (C=N–C) groups is 1. The second-order valence-electron chi connectivity index (χ2n) is 5.10. The van der Waals surface area contributed by atoms with Gasteiger partial charge in [-0.05, 0) is 12.1 Å². The Morgan fingerprint density at radius 2 is 1.71 bits per heavy atom. The van der Waals surface area contributed by atoms with Crippen molar-refractivity contribution in [3.8, 4) is 11.3 Å². The summed E-state index contributed by atoms with van der Waals surface area (Å²) >= 11 is 0. The molecule has 2 heterocycles. The summed E-state index contributed by atoms with van der Waals surface area (Å²) in [5.41, 5.74) is 4.26. The minimum absolute atomic E-state index is 0.840. The largest absolute Gasteiger partial charge is 0.368 e. The molecule has 0 atom stereocenters. The van der Waals surface area contributed by atoms with Gasteiger partial charge in [-0.2, -0.15) is 0 Å². The molecule has 0 spiro atoms. The van der Waals surface area contributed by atoms with Gasteiger partial charge >= 0.3 is 0 Å². The van der Waals surface area contributed by atoms with Crippen LogP contribution >= 0.6 is 0 Å². The summed E-state index contributed by atoms with van der Waals surface area (Å²) in [6, 6.07) is 20.6. The summed E-state index contributed by atoms with van der Waals surface area (Å²) in [5, 5.41) is 4.51. The molecule has 0 fully saturated rings. The van der Waals surface area contributed by atoms with Crippen molar-refractivity contribution in [3.05, 3.63) is 66.2 Å². The van der Waals surface area contributed by atoms with E-state index in [9.17, 15) is 0 Å². The van der Waals surface area contributed by atoms with E-state index in [1.807, 2.05) is 30.3 Å². The van der Waals surface area contributed by atoms with E-state index < -0.39 is 0 Å². The molecule has 3 nitrogen and oxygen atoms in total. The summed E-state index contributed by atoms with van der Waals surface area (Å²) in [5.74, 6) is 0.978. The summed E-state index contributed by atoms with van der Waals surface area (Å²) in [6.45, 7) is 1.75. The molecule has 3 heteroatoms. The van der Waals surface area contributed by atoms with Gasteiger partial charge in [0.1, 0.15) is 5.84 Å². The van der Waals surface area contributed by atoms with Crippen molar-refractivity contribution in [3.63, 3.8) is 0 Å². The number of fused-ring (bicyclic) bond motifs is 1. The van der Waals surface area contributed by atoms with Gasteiger partial charge in [-0.15, -0.1) is 0 Å². The topological polar surface area (TPSA) is 37.3 Å². The van der Waals surface area contributed by atoms with Crippen LogP contribution in [0.4, 0.5) is 0 Å². The number of nitrogens with one attached hydrogen (secondary N) is 1. The Labute approximate surface area is 123 Å². The number of amidine groups is 1. The highest BCUT2D eigenvalue weighted by Crippen LogP contribution is 2.25. The molecule has 0 aliphatic carbocycles. The molecule has 0 unspecified atom stereocenters. The van der Waals surface area contributed by atoms with Crippen LogP contribution in [0.15, 0.2) is 65.7 Å². The molecule has 1 aromatic heterocycles. The SMILES string of the molecule is c1ccc(-c2cc(C3=NCCN3)c3ccccc3n2)cc1. The fourth-order valence-electron chi connectivity index (χ4n) is 2.71. The van der Waals surface area contributed by atoms with E-state index in [0.717, 1.165) is 46.6 Å². The first-order chi connectivity index (χ1) is 10.4. The molecule has 3 aromatic rings. The number of benzene rings is 2. The highest BCUT2D eigenvalue weighted by atomic mass is 15.1. The highest BCUT2D eigenvalue weighted by molar-refractivity contribution is 6.10. The first-order valence-electron chi connectivity index (χ1n) is 7.16. The fourth-order valence-corrected chi connectivity index (χ4v) is 2.71. The van der Waals surface area contributed by atoms with E-state index >= 15 is 0 Å². The quantitative estimate of drug-likeness (QED) is 0.778. The predicted molar refractivity (Wildman–Crippen MR) is 86.6 cm³/mol. The Hall–Kier alpha value is -2.68. The Morgan fingerprint density at radius 3 is 2.52 bits per heavy atom. The van der Waals surface area contributed by atoms with Gasteiger partial charge in [0, 0.05) is 23.1 Å². The lowest BCUT2D eigenvalue weighted by Gasteiger charge is -2.10. The number of pyridine rings is 1. The van der Waals surface area contributed by atoms with Crippen LogP contribution in [0, 0.1) is 0 Å². The lowest BCUT2D eigenvalue weighted by atomic mass is 10.0. The molecule has 2 aromatic carbocycles. The molecule has 0 bridgehead atoms. The van der Waals surface area contributed by atoms with Crippen LogP contribution < -0.4 is 5.32 Å². The third-order valence-electron chi connectivity index (χ3n) is 3.72. The summed E-state index contributed by atoms with van der Waals surface area (Å²) in [6.07, 6.45) is 0. The summed E-state index contributed by atoms with van der Waals surface area (Å²) < 4.78 is 0. The molecule has 102 valence electrons. The molecular formula is C18H15N3. The van der Waals surface area contributed by atoms with E-state index in [1.165, 1.54) is 0 Å². The highest BCUT2D eigenvalue weighted by Gasteiger charge is 2.14. The van der Waals surface area contributed by atoms with Gasteiger partial charge in [-0.1, -0.05) is 48.5 Å². The van der Waals surface area contributed by atoms with Gasteiger partial charge in [0.25, 0.3) is 0 Å². The maximum atomic E-state index is 4.79. The standard InChI is InChI=1S/C18H15N3/c1-2-6-13(7-3-1)17-12-15(18-19-10-11-20-18)14-8-4-5-9-16(14)21-17/h1-9,12H,10-11H2,(H,19,20). The number of hydrogen-bond acceptors (Lipinski definition) is 3. The second-order valence-corrected chi connectivity index (χ2v) is 5.10. The Bertz CT molecular complexity index is 822. The van der Waals surface area contributed by atoms with Crippen LogP contribution in [0.5, 0.6) is 0 Å². The molecule has 0 radical (unpaired) electrons. The van der Waals surface area contributed by atoms with Crippen molar-refractivity contribution in [2.75, 3.05) is 13.1 Å². The number of hydrogen-bond donors (Lipinski definition) is 1. The van der Waals surface area contributed by atoms with Crippen molar-refractivity contribution in [1.82, 2.24) is 10.3 Å². The van der Waals surface area contributed by atoms with Crippen LogP contribution in [0.25, 0.3) is 22.2 Å². The molecule has 21 heavy (non-hydrogen) atoms. The zero-order chi connectivity index (χ0) is 14.1. The first-order valence-corrected chi connectivity index (χ1v) is 7.16. The molecule has 4 rings (SSSR count). The zero-order valence-electron chi connectivity index (χ0n) is 11.6. The third-order valence-corrected chi connectivity index (χ3v) is 3.72. The smallest absolute Gasteiger partial charge is 0.129 e. The van der Waals surface area contributed by atoms with Crippen LogP contribution in [0.3, 0.4) is 0 Å². The molecule has 0 saturated heterocycles. The van der Waals surface area contributed by atoms with Crippen molar-refractivity contribution in [2.24, 2.45) is 4.99 Å². The van der Waals surface area contributed by atoms with E-state index in [1.54, 1.807) is 0 Å². The lowest BCUT2D eigenvalue weighted by Crippen LogP contribution is -2.20. The van der Waals surface area contributed by atoms with Crippen molar-refractivity contribution >= 4 is 16.7 Å². The van der Waals surface area contributed by atoms with Crippen molar-refractivity contribution in [1.29, 1.82) is 0 Å². The maximum Gasteiger partial charge on any atom is 0.129 e. The van der Waals surface area contributed by atoms with Gasteiger partial charge in [-0.25, -0.2) is 4.98 Å². The molecule has 0 saturated carbocycles. The monoisotopic (exact) mass is 273 g/mol. The minimum atomic E-state index is 0.840. The third kappa shape index (κ3) is 2.17. The Morgan fingerprint density at radius 1 is 0.905 bits per heavy atom. The average Bonchev–Trinajstić information content (AvgIpc) is 3.09. The lowest BCUT2D eigenvalue weighted by molar-refractivity contribution is 0.960. The van der Waals surface area contributed by atoms with Crippen LogP contribution in [-0.4, -0.2) is 23.9 Å². The van der Waals surface area contributed by atoms with Crippen molar-refractivity contribution in [2.45, 2.75) is 0 Å². The van der Waals surface area contributed by atoms with Crippen molar-refractivity contribution < 1.29 is 0 Å². The summed E-state index contributed by atoms with van der Waals surface area (Å²) in [4.78, 5) is 9.36. The van der Waals surface area contributed by atoms with Crippen LogP contribution in [-0.2, 0) is 0 Å². The number of para-hydroxylation sites is 1. The summed E-state index contributed by atoms with van der Waals surface area (Å²) in [7, 11) is 0. The van der Waals surface area contributed by atoms with E-state index in [-0.39, 0.29) is 0 Å². The van der Waals surface area contributed by atoms with Gasteiger partial charge in [0.15, 0.2) is 0 Å². The Balaban J connectivity index is 1.98. The molecule has 1 N–H and O–H groups in total. The number of rotatable bonds is 2. The predicted octanol–water partition coefficient (Wildman–Crippen LogP) is 3.25. The van der Waals surface area contributed by atoms with Gasteiger partial charge in [-0.3, -0.25) is 4.99 Å². The van der Waals surface area contributed by atoms with Crippen LogP contribution in [0.2, 0.25) is 0 Å². The average molecular weight is 273 g/mol. The maximum absolute atomic E-state index is 4.79. The number of nitrogens with zero attached hydrogens (tertiary/aromatic N) is 2. The zero-order valence-corrected chi connectivity index (χ0v) is 11.6. The first kappa shape index (κ1) is 12.1. The fraction of sp³-hybridized carbons (Fsp3) is 0.111. The minimum Gasteiger partial charge on any atom is -0.368 e. The van der Waals surface area contributed by atoms with E-state index in [2.05, 4.69) is 40.6 Å². The van der Waals surface area contributed by atoms with Gasteiger partial charge in [0.2, 0.25) is 0 Å². The van der Waals surface area contributed by atoms with Gasteiger partial charge < -0.3 is 5.32 Å².